The maximum Gasteiger partial charge on any atom is 0.335 e. The molecule has 0 spiro atoms. The van der Waals surface area contributed by atoms with Gasteiger partial charge in [-0.3, -0.25) is 0 Å². The molecule has 0 rings (SSSR count). The third-order valence-electron chi connectivity index (χ3n) is 2.41. The fraction of sp³-hybridized carbons (Fsp3) is 0.769. The second-order valence-corrected chi connectivity index (χ2v) is 4.51. The van der Waals surface area contributed by atoms with Crippen LogP contribution in [0, 0.1) is 0 Å². The molecule has 0 aliphatic carbocycles. The number of aliphatic hydroxyl groups is 1. The van der Waals surface area contributed by atoms with Crippen LogP contribution in [0.25, 0.3) is 0 Å². The molecule has 0 aromatic carbocycles. The Morgan fingerprint density at radius 3 is 2.38 bits per heavy atom. The molecule has 94 valence electrons. The van der Waals surface area contributed by atoms with Gasteiger partial charge in [-0.15, -0.1) is 0 Å². The van der Waals surface area contributed by atoms with E-state index in [1.54, 1.807) is 6.92 Å². The van der Waals surface area contributed by atoms with Crippen LogP contribution in [0.2, 0.25) is 0 Å². The van der Waals surface area contributed by atoms with Crippen molar-refractivity contribution in [1.29, 1.82) is 0 Å². The minimum Gasteiger partial charge on any atom is -0.430 e. The average molecular weight is 228 g/mol. The van der Waals surface area contributed by atoms with Gasteiger partial charge in [0.05, 0.1) is 0 Å². The van der Waals surface area contributed by atoms with Gasteiger partial charge in [0.2, 0.25) is 5.79 Å². The summed E-state index contributed by atoms with van der Waals surface area (Å²) in [6.07, 6.45) is 6.00. The average Bonchev–Trinajstić information content (AvgIpc) is 2.16. The molecule has 0 saturated carbocycles. The van der Waals surface area contributed by atoms with Crippen LogP contribution in [0.1, 0.15) is 59.3 Å². The molecular weight excluding hydrogens is 204 g/mol. The highest BCUT2D eigenvalue weighted by molar-refractivity contribution is 5.87. The van der Waals surface area contributed by atoms with Gasteiger partial charge in [-0.05, 0) is 13.3 Å². The molecule has 16 heavy (non-hydrogen) atoms. The van der Waals surface area contributed by atoms with Gasteiger partial charge in [-0.2, -0.15) is 0 Å². The minimum atomic E-state index is -1.36. The van der Waals surface area contributed by atoms with Crippen molar-refractivity contribution in [2.45, 2.75) is 65.1 Å². The fourth-order valence-electron chi connectivity index (χ4n) is 1.39. The summed E-state index contributed by atoms with van der Waals surface area (Å²) in [7, 11) is 0. The van der Waals surface area contributed by atoms with Gasteiger partial charge in [-0.25, -0.2) is 4.79 Å². The predicted molar refractivity (Wildman–Crippen MR) is 64.9 cm³/mol. The number of esters is 1. The van der Waals surface area contributed by atoms with E-state index in [1.807, 2.05) is 0 Å². The summed E-state index contributed by atoms with van der Waals surface area (Å²) >= 11 is 0. The summed E-state index contributed by atoms with van der Waals surface area (Å²) in [6, 6.07) is 0. The first-order valence-electron chi connectivity index (χ1n) is 6.00. The van der Waals surface area contributed by atoms with Crippen molar-refractivity contribution in [3.63, 3.8) is 0 Å². The first-order chi connectivity index (χ1) is 7.39. The van der Waals surface area contributed by atoms with Crippen molar-refractivity contribution in [3.8, 4) is 0 Å². The molecule has 0 saturated heterocycles. The van der Waals surface area contributed by atoms with Crippen LogP contribution in [0.4, 0.5) is 0 Å². The lowest BCUT2D eigenvalue weighted by Crippen LogP contribution is -2.31. The lowest BCUT2D eigenvalue weighted by atomic mass is 10.1. The Bertz CT molecular complexity index is 231. The highest BCUT2D eigenvalue weighted by Gasteiger charge is 2.24. The van der Waals surface area contributed by atoms with Crippen LogP contribution >= 0.6 is 0 Å². The van der Waals surface area contributed by atoms with Crippen molar-refractivity contribution in [3.05, 3.63) is 12.2 Å². The van der Waals surface area contributed by atoms with E-state index >= 15 is 0 Å². The van der Waals surface area contributed by atoms with E-state index < -0.39 is 11.8 Å². The standard InChI is InChI=1S/C13H24O3/c1-5-6-7-8-9-10-13(4,15)16-12(14)11(2)3/h15H,2,5-10H2,1,3-4H3. The van der Waals surface area contributed by atoms with E-state index in [0.29, 0.717) is 12.0 Å². The van der Waals surface area contributed by atoms with Gasteiger partial charge in [0.25, 0.3) is 0 Å². The lowest BCUT2D eigenvalue weighted by molar-refractivity contribution is -0.200. The Labute approximate surface area is 98.5 Å². The Kier molecular flexibility index (Phi) is 7.06. The molecule has 0 radical (unpaired) electrons. The molecule has 0 aromatic rings. The number of unbranched alkanes of at least 4 members (excludes halogenated alkanes) is 4. The second-order valence-electron chi connectivity index (χ2n) is 4.51. The molecule has 0 aromatic heterocycles. The molecule has 0 bridgehead atoms. The highest BCUT2D eigenvalue weighted by atomic mass is 16.7. The lowest BCUT2D eigenvalue weighted by Gasteiger charge is -2.23. The summed E-state index contributed by atoms with van der Waals surface area (Å²) in [5.74, 6) is -1.89. The quantitative estimate of drug-likeness (QED) is 0.300. The number of ether oxygens (including phenoxy) is 1. The van der Waals surface area contributed by atoms with E-state index in [4.69, 9.17) is 4.74 Å². The fourth-order valence-corrected chi connectivity index (χ4v) is 1.39. The molecule has 3 heteroatoms. The van der Waals surface area contributed by atoms with Crippen molar-refractivity contribution in [2.75, 3.05) is 0 Å². The molecule has 0 aliphatic heterocycles. The third kappa shape index (κ3) is 7.46. The maximum absolute atomic E-state index is 11.2. The number of carbonyl (C=O) groups is 1. The summed E-state index contributed by atoms with van der Waals surface area (Å²) in [5, 5.41) is 9.81. The molecule has 3 nitrogen and oxygen atoms in total. The highest BCUT2D eigenvalue weighted by Crippen LogP contribution is 2.18. The smallest absolute Gasteiger partial charge is 0.335 e. The largest absolute Gasteiger partial charge is 0.430 e. The summed E-state index contributed by atoms with van der Waals surface area (Å²) in [4.78, 5) is 11.2. The molecule has 0 aliphatic rings. The van der Waals surface area contributed by atoms with Gasteiger partial charge in [0, 0.05) is 18.9 Å². The van der Waals surface area contributed by atoms with Crippen molar-refractivity contribution in [2.24, 2.45) is 0 Å². The van der Waals surface area contributed by atoms with Crippen molar-refractivity contribution >= 4 is 5.97 Å². The van der Waals surface area contributed by atoms with E-state index in [2.05, 4.69) is 13.5 Å². The van der Waals surface area contributed by atoms with Gasteiger partial charge >= 0.3 is 5.97 Å². The number of rotatable bonds is 8. The molecule has 0 fully saturated rings. The van der Waals surface area contributed by atoms with Crippen molar-refractivity contribution in [1.82, 2.24) is 0 Å². The van der Waals surface area contributed by atoms with Crippen LogP contribution in [0.15, 0.2) is 12.2 Å². The van der Waals surface area contributed by atoms with E-state index in [9.17, 15) is 9.90 Å². The van der Waals surface area contributed by atoms with Crippen LogP contribution in [-0.2, 0) is 9.53 Å². The monoisotopic (exact) mass is 228 g/mol. The summed E-state index contributed by atoms with van der Waals surface area (Å²) in [5.41, 5.74) is 0.311. The summed E-state index contributed by atoms with van der Waals surface area (Å²) in [6.45, 7) is 8.72. The molecule has 1 unspecified atom stereocenters. The Morgan fingerprint density at radius 1 is 1.31 bits per heavy atom. The van der Waals surface area contributed by atoms with Crippen LogP contribution in [-0.4, -0.2) is 16.9 Å². The van der Waals surface area contributed by atoms with Crippen LogP contribution < -0.4 is 0 Å². The Hall–Kier alpha value is -0.830. The van der Waals surface area contributed by atoms with Gasteiger partial charge in [0.15, 0.2) is 0 Å². The zero-order valence-electron chi connectivity index (χ0n) is 10.7. The third-order valence-corrected chi connectivity index (χ3v) is 2.41. The first kappa shape index (κ1) is 15.2. The number of carbonyl (C=O) groups excluding carboxylic acids is 1. The first-order valence-corrected chi connectivity index (χ1v) is 6.00. The SMILES string of the molecule is C=C(C)C(=O)OC(C)(O)CCCCCCC. The zero-order valence-corrected chi connectivity index (χ0v) is 10.7. The second kappa shape index (κ2) is 7.44. The molecule has 1 N–H and O–H groups in total. The van der Waals surface area contributed by atoms with E-state index in [-0.39, 0.29) is 0 Å². The minimum absolute atomic E-state index is 0.311. The number of hydrogen-bond acceptors (Lipinski definition) is 3. The van der Waals surface area contributed by atoms with Gasteiger partial charge < -0.3 is 9.84 Å². The van der Waals surface area contributed by atoms with E-state index in [1.165, 1.54) is 26.2 Å². The predicted octanol–water partition coefficient (Wildman–Crippen LogP) is 3.17. The van der Waals surface area contributed by atoms with E-state index in [0.717, 1.165) is 12.8 Å². The topological polar surface area (TPSA) is 46.5 Å². The van der Waals surface area contributed by atoms with Gasteiger partial charge in [0.1, 0.15) is 0 Å². The Morgan fingerprint density at radius 2 is 1.88 bits per heavy atom. The molecule has 1 atom stereocenters. The van der Waals surface area contributed by atoms with Crippen LogP contribution in [0.5, 0.6) is 0 Å². The van der Waals surface area contributed by atoms with Gasteiger partial charge in [-0.1, -0.05) is 39.2 Å². The normalized spacial score (nSPS) is 14.2. The molecule has 0 amide bonds. The Balaban J connectivity index is 3.78. The summed E-state index contributed by atoms with van der Waals surface area (Å²) < 4.78 is 4.92. The number of hydrogen-bond donors (Lipinski definition) is 1. The zero-order chi connectivity index (χ0) is 12.6. The molecule has 0 heterocycles. The maximum atomic E-state index is 11.2. The van der Waals surface area contributed by atoms with Crippen LogP contribution in [0.3, 0.4) is 0 Å². The van der Waals surface area contributed by atoms with Crippen molar-refractivity contribution < 1.29 is 14.6 Å². The molecular formula is C13H24O3.